The molecule has 3 rings (SSSR count). The molecule has 0 atom stereocenters. The monoisotopic (exact) mass is 246 g/mol. The van der Waals surface area contributed by atoms with Crippen molar-refractivity contribution in [2.24, 2.45) is 0 Å². The van der Waals surface area contributed by atoms with E-state index in [0.29, 0.717) is 31.2 Å². The number of aliphatic hydroxyl groups is 1. The first-order valence-electron chi connectivity index (χ1n) is 6.19. The minimum absolute atomic E-state index is 0.0948. The summed E-state index contributed by atoms with van der Waals surface area (Å²) in [6, 6.07) is 3.21. The predicted molar refractivity (Wildman–Crippen MR) is 63.0 cm³/mol. The third-order valence-corrected chi connectivity index (χ3v) is 3.71. The minimum atomic E-state index is -0.297. The molecule has 5 nitrogen and oxygen atoms in total. The molecule has 2 amide bonds. The number of rotatable bonds is 1. The zero-order chi connectivity index (χ0) is 12.7. The number of hydrogen-bond donors (Lipinski definition) is 1. The molecular weight excluding hydrogens is 232 g/mol. The summed E-state index contributed by atoms with van der Waals surface area (Å²) in [7, 11) is 0. The summed E-state index contributed by atoms with van der Waals surface area (Å²) in [6.45, 7) is 0. The molecule has 1 aliphatic carbocycles. The molecule has 1 saturated carbocycles. The molecule has 2 heterocycles. The van der Waals surface area contributed by atoms with E-state index in [1.54, 1.807) is 12.1 Å². The van der Waals surface area contributed by atoms with Crippen LogP contribution in [0, 0.1) is 0 Å². The second-order valence-corrected chi connectivity index (χ2v) is 4.84. The molecule has 0 bridgehead atoms. The lowest BCUT2D eigenvalue weighted by Gasteiger charge is -2.31. The van der Waals surface area contributed by atoms with E-state index in [0.717, 1.165) is 0 Å². The predicted octanol–water partition coefficient (Wildman–Crippen LogP) is 0.981. The highest BCUT2D eigenvalue weighted by molar-refractivity contribution is 6.20. The average Bonchev–Trinajstić information content (AvgIpc) is 2.64. The maximum absolute atomic E-state index is 12.2. The number of carbonyl (C=O) groups is 2. The van der Waals surface area contributed by atoms with Crippen molar-refractivity contribution in [2.75, 3.05) is 0 Å². The Morgan fingerprint density at radius 3 is 2.56 bits per heavy atom. The van der Waals surface area contributed by atoms with Crippen LogP contribution in [-0.4, -0.2) is 39.0 Å². The Kier molecular flexibility index (Phi) is 2.63. The number of aromatic nitrogens is 1. The highest BCUT2D eigenvalue weighted by Crippen LogP contribution is 2.29. The normalized spacial score (nSPS) is 27.5. The number of hydrogen-bond acceptors (Lipinski definition) is 4. The van der Waals surface area contributed by atoms with Crippen LogP contribution in [-0.2, 0) is 0 Å². The fourth-order valence-corrected chi connectivity index (χ4v) is 2.73. The molecule has 94 valence electrons. The Morgan fingerprint density at radius 1 is 1.17 bits per heavy atom. The first kappa shape index (κ1) is 11.3. The Labute approximate surface area is 104 Å². The minimum Gasteiger partial charge on any atom is -0.393 e. The highest BCUT2D eigenvalue weighted by Gasteiger charge is 2.41. The van der Waals surface area contributed by atoms with Crippen molar-refractivity contribution in [3.8, 4) is 0 Å². The summed E-state index contributed by atoms with van der Waals surface area (Å²) >= 11 is 0. The van der Waals surface area contributed by atoms with E-state index < -0.39 is 0 Å². The van der Waals surface area contributed by atoms with Crippen LogP contribution in [0.3, 0.4) is 0 Å². The molecule has 0 unspecified atom stereocenters. The van der Waals surface area contributed by atoms with Gasteiger partial charge in [-0.2, -0.15) is 0 Å². The molecule has 0 saturated heterocycles. The van der Waals surface area contributed by atoms with E-state index in [4.69, 9.17) is 0 Å². The van der Waals surface area contributed by atoms with Gasteiger partial charge >= 0.3 is 0 Å². The van der Waals surface area contributed by atoms with Crippen molar-refractivity contribution >= 4 is 11.8 Å². The molecule has 1 aromatic heterocycles. The third kappa shape index (κ3) is 1.62. The fraction of sp³-hybridized carbons (Fsp3) is 0.462. The van der Waals surface area contributed by atoms with Gasteiger partial charge in [-0.15, -0.1) is 0 Å². The van der Waals surface area contributed by atoms with Gasteiger partial charge in [0.2, 0.25) is 0 Å². The van der Waals surface area contributed by atoms with Crippen LogP contribution < -0.4 is 0 Å². The van der Waals surface area contributed by atoms with E-state index in [9.17, 15) is 14.7 Å². The van der Waals surface area contributed by atoms with Crippen LogP contribution in [0.25, 0.3) is 0 Å². The summed E-state index contributed by atoms with van der Waals surface area (Å²) in [6.07, 6.45) is 3.86. The number of fused-ring (bicyclic) bond motifs is 1. The fourth-order valence-electron chi connectivity index (χ4n) is 2.73. The molecule has 1 aliphatic heterocycles. The zero-order valence-electron chi connectivity index (χ0n) is 9.87. The van der Waals surface area contributed by atoms with Crippen LogP contribution in [0.1, 0.15) is 46.5 Å². The molecule has 0 radical (unpaired) electrons. The van der Waals surface area contributed by atoms with Crippen molar-refractivity contribution in [3.05, 3.63) is 29.6 Å². The molecule has 18 heavy (non-hydrogen) atoms. The smallest absolute Gasteiger partial charge is 0.280 e. The summed E-state index contributed by atoms with van der Waals surface area (Å²) < 4.78 is 0. The lowest BCUT2D eigenvalue weighted by Crippen LogP contribution is -2.42. The molecule has 0 aromatic carbocycles. The largest absolute Gasteiger partial charge is 0.393 e. The van der Waals surface area contributed by atoms with Gasteiger partial charge in [-0.3, -0.25) is 19.5 Å². The molecule has 1 N–H and O–H groups in total. The van der Waals surface area contributed by atoms with Crippen molar-refractivity contribution in [1.82, 2.24) is 9.88 Å². The van der Waals surface area contributed by atoms with Gasteiger partial charge in [0.15, 0.2) is 0 Å². The van der Waals surface area contributed by atoms with Crippen LogP contribution in [0.5, 0.6) is 0 Å². The van der Waals surface area contributed by atoms with Gasteiger partial charge in [-0.1, -0.05) is 0 Å². The van der Waals surface area contributed by atoms with Gasteiger partial charge in [-0.25, -0.2) is 0 Å². The maximum Gasteiger partial charge on any atom is 0.280 e. The van der Waals surface area contributed by atoms with Crippen molar-refractivity contribution in [2.45, 2.75) is 37.8 Å². The molecular formula is C13H14N2O3. The quantitative estimate of drug-likeness (QED) is 0.750. The molecule has 5 heteroatoms. The van der Waals surface area contributed by atoms with Crippen molar-refractivity contribution < 1.29 is 14.7 Å². The van der Waals surface area contributed by atoms with E-state index in [-0.39, 0.29) is 29.7 Å². The first-order valence-corrected chi connectivity index (χ1v) is 6.19. The lowest BCUT2D eigenvalue weighted by atomic mass is 9.92. The van der Waals surface area contributed by atoms with Crippen LogP contribution >= 0.6 is 0 Å². The summed E-state index contributed by atoms with van der Waals surface area (Å²) in [5, 5.41) is 9.47. The number of amides is 2. The second-order valence-electron chi connectivity index (χ2n) is 4.84. The number of nitrogens with zero attached hydrogens (tertiary/aromatic N) is 2. The Bertz CT molecular complexity index is 472. The van der Waals surface area contributed by atoms with E-state index in [1.165, 1.54) is 11.1 Å². The molecule has 2 aliphatic rings. The summed E-state index contributed by atoms with van der Waals surface area (Å²) in [5.74, 6) is -0.540. The Hall–Kier alpha value is -1.75. The van der Waals surface area contributed by atoms with E-state index in [2.05, 4.69) is 4.98 Å². The SMILES string of the molecule is O=C1c2cccnc2C(=O)N1C1CCC(O)CC1. The maximum atomic E-state index is 12.2. The van der Waals surface area contributed by atoms with Gasteiger partial charge in [0, 0.05) is 12.2 Å². The number of carbonyl (C=O) groups excluding carboxylic acids is 2. The van der Waals surface area contributed by atoms with Crippen LogP contribution in [0.15, 0.2) is 18.3 Å². The molecule has 0 spiro atoms. The standard InChI is InChI=1S/C13H14N2O3/c16-9-5-3-8(4-6-9)15-12(17)10-2-1-7-14-11(10)13(15)18/h1-2,7-9,16H,3-6H2. The van der Waals surface area contributed by atoms with Gasteiger partial charge in [-0.05, 0) is 37.8 Å². The van der Waals surface area contributed by atoms with Gasteiger partial charge < -0.3 is 5.11 Å². The zero-order valence-corrected chi connectivity index (χ0v) is 9.87. The van der Waals surface area contributed by atoms with E-state index >= 15 is 0 Å². The molecule has 1 fully saturated rings. The highest BCUT2D eigenvalue weighted by atomic mass is 16.3. The summed E-state index contributed by atoms with van der Waals surface area (Å²) in [4.78, 5) is 29.7. The Balaban J connectivity index is 1.88. The molecule has 1 aromatic rings. The number of aliphatic hydroxyl groups excluding tert-OH is 1. The van der Waals surface area contributed by atoms with Crippen LogP contribution in [0.4, 0.5) is 0 Å². The number of pyridine rings is 1. The number of imide groups is 1. The van der Waals surface area contributed by atoms with Crippen LogP contribution in [0.2, 0.25) is 0 Å². The first-order chi connectivity index (χ1) is 8.68. The van der Waals surface area contributed by atoms with Gasteiger partial charge in [0.1, 0.15) is 5.69 Å². The van der Waals surface area contributed by atoms with E-state index in [1.807, 2.05) is 0 Å². The Morgan fingerprint density at radius 2 is 1.89 bits per heavy atom. The summed E-state index contributed by atoms with van der Waals surface area (Å²) in [5.41, 5.74) is 0.655. The topological polar surface area (TPSA) is 70.5 Å². The second kappa shape index (κ2) is 4.17. The van der Waals surface area contributed by atoms with Crippen molar-refractivity contribution in [3.63, 3.8) is 0 Å². The third-order valence-electron chi connectivity index (χ3n) is 3.71. The average molecular weight is 246 g/mol. The van der Waals surface area contributed by atoms with Crippen molar-refractivity contribution in [1.29, 1.82) is 0 Å². The van der Waals surface area contributed by atoms with Gasteiger partial charge in [0.05, 0.1) is 11.7 Å². The lowest BCUT2D eigenvalue weighted by molar-refractivity contribution is 0.0448. The van der Waals surface area contributed by atoms with Gasteiger partial charge in [0.25, 0.3) is 11.8 Å².